The second-order valence-electron chi connectivity index (χ2n) is 7.82. The first kappa shape index (κ1) is 22.2. The highest BCUT2D eigenvalue weighted by molar-refractivity contribution is 6.07. The lowest BCUT2D eigenvalue weighted by atomic mass is 10.0. The lowest BCUT2D eigenvalue weighted by Gasteiger charge is -2.12. The molecule has 1 N–H and O–H groups in total. The number of nitrogens with zero attached hydrogens (tertiary/aromatic N) is 3. The van der Waals surface area contributed by atoms with E-state index in [-0.39, 0.29) is 5.56 Å². The van der Waals surface area contributed by atoms with Crippen LogP contribution >= 0.6 is 0 Å². The van der Waals surface area contributed by atoms with Crippen LogP contribution in [0, 0.1) is 18.8 Å². The van der Waals surface area contributed by atoms with Crippen molar-refractivity contribution in [3.8, 4) is 11.1 Å². The highest BCUT2D eigenvalue weighted by Crippen LogP contribution is 2.29. The Balaban J connectivity index is 1.82. The topological polar surface area (TPSA) is 68.5 Å². The number of halogens is 1. The molecule has 3 aromatic rings. The van der Waals surface area contributed by atoms with Gasteiger partial charge < -0.3 is 10.2 Å². The van der Waals surface area contributed by atoms with Crippen LogP contribution in [0.4, 0.5) is 10.1 Å². The summed E-state index contributed by atoms with van der Waals surface area (Å²) in [4.78, 5) is 18.1. The van der Waals surface area contributed by atoms with Gasteiger partial charge >= 0.3 is 0 Å². The van der Waals surface area contributed by atoms with Crippen molar-refractivity contribution in [2.45, 2.75) is 27.7 Å². The van der Waals surface area contributed by atoms with E-state index in [1.807, 2.05) is 49.4 Å². The van der Waals surface area contributed by atoms with Crippen LogP contribution in [0.1, 0.15) is 42.4 Å². The first-order chi connectivity index (χ1) is 14.8. The van der Waals surface area contributed by atoms with E-state index in [1.165, 1.54) is 7.05 Å². The number of nitrogens with one attached hydrogen (secondary N) is 1. The molecule has 0 aliphatic carbocycles. The van der Waals surface area contributed by atoms with Gasteiger partial charge in [-0.2, -0.15) is 9.49 Å². The van der Waals surface area contributed by atoms with E-state index in [1.54, 1.807) is 13.0 Å². The molecule has 6 nitrogen and oxygen atoms in total. The standard InChI is InChI=1S/C24H27FN4O2/c1-15(2)14-31-28-16(3)18-10-12-19(13-11-18)20-8-6-7-9-21(20)26-24(30)22-17(4)27-29(5)23(22)25/h6-13,15H,14H2,1-5H3,(H,26,30)/b28-16-. The number of carbonyl (C=O) groups is 1. The minimum atomic E-state index is -0.661. The van der Waals surface area contributed by atoms with E-state index >= 15 is 0 Å². The van der Waals surface area contributed by atoms with Crippen LogP contribution in [0.3, 0.4) is 0 Å². The van der Waals surface area contributed by atoms with Gasteiger partial charge in [0.2, 0.25) is 5.95 Å². The Morgan fingerprint density at radius 1 is 1.19 bits per heavy atom. The van der Waals surface area contributed by atoms with Crippen molar-refractivity contribution in [3.05, 3.63) is 71.3 Å². The molecule has 0 radical (unpaired) electrons. The lowest BCUT2D eigenvalue weighted by molar-refractivity contribution is 0.102. The molecule has 0 saturated carbocycles. The monoisotopic (exact) mass is 422 g/mol. The highest BCUT2D eigenvalue weighted by Gasteiger charge is 2.21. The summed E-state index contributed by atoms with van der Waals surface area (Å²) in [6.07, 6.45) is 0. The van der Waals surface area contributed by atoms with Gasteiger partial charge in [-0.1, -0.05) is 61.5 Å². The van der Waals surface area contributed by atoms with Crippen LogP contribution in [-0.2, 0) is 11.9 Å². The van der Waals surface area contributed by atoms with Gasteiger partial charge in [-0.3, -0.25) is 4.79 Å². The maximum absolute atomic E-state index is 14.3. The Labute approximate surface area is 181 Å². The number of hydrogen-bond donors (Lipinski definition) is 1. The largest absolute Gasteiger partial charge is 0.395 e. The normalized spacial score (nSPS) is 11.6. The van der Waals surface area contributed by atoms with E-state index in [4.69, 9.17) is 4.84 Å². The molecule has 3 rings (SSSR count). The molecule has 0 aliphatic heterocycles. The highest BCUT2D eigenvalue weighted by atomic mass is 19.1. The van der Waals surface area contributed by atoms with Gasteiger partial charge in [0.25, 0.3) is 5.91 Å². The van der Waals surface area contributed by atoms with Crippen LogP contribution in [0.15, 0.2) is 53.7 Å². The number of aryl methyl sites for hydroxylation is 2. The van der Waals surface area contributed by atoms with Crippen LogP contribution in [0.25, 0.3) is 11.1 Å². The lowest BCUT2D eigenvalue weighted by Crippen LogP contribution is -2.15. The van der Waals surface area contributed by atoms with Crippen molar-refractivity contribution in [2.24, 2.45) is 18.1 Å². The van der Waals surface area contributed by atoms with E-state index in [0.29, 0.717) is 23.9 Å². The fourth-order valence-corrected chi connectivity index (χ4v) is 3.14. The summed E-state index contributed by atoms with van der Waals surface area (Å²) in [7, 11) is 1.47. The summed E-state index contributed by atoms with van der Waals surface area (Å²) in [5.74, 6) is -0.779. The Kier molecular flexibility index (Phi) is 6.84. The summed E-state index contributed by atoms with van der Waals surface area (Å²) in [6, 6.07) is 15.2. The fourth-order valence-electron chi connectivity index (χ4n) is 3.14. The fraction of sp³-hybridized carbons (Fsp3) is 0.292. The molecule has 31 heavy (non-hydrogen) atoms. The minimum absolute atomic E-state index is 0.0547. The zero-order valence-corrected chi connectivity index (χ0v) is 18.4. The van der Waals surface area contributed by atoms with Crippen LogP contribution in [-0.4, -0.2) is 28.0 Å². The van der Waals surface area contributed by atoms with Gasteiger partial charge in [-0.25, -0.2) is 4.68 Å². The van der Waals surface area contributed by atoms with Gasteiger partial charge in [0, 0.05) is 18.3 Å². The molecular weight excluding hydrogens is 395 g/mol. The molecule has 1 aromatic heterocycles. The van der Waals surface area contributed by atoms with Gasteiger partial charge in [-0.05, 0) is 37.0 Å². The molecule has 2 aromatic carbocycles. The summed E-state index contributed by atoms with van der Waals surface area (Å²) >= 11 is 0. The van der Waals surface area contributed by atoms with Crippen LogP contribution < -0.4 is 5.32 Å². The number of oxime groups is 1. The van der Waals surface area contributed by atoms with E-state index in [2.05, 4.69) is 29.4 Å². The summed E-state index contributed by atoms with van der Waals surface area (Å²) in [5, 5.41) is 11.0. The van der Waals surface area contributed by atoms with Crippen molar-refractivity contribution in [3.63, 3.8) is 0 Å². The molecule has 7 heteroatoms. The van der Waals surface area contributed by atoms with Crippen LogP contribution in [0.2, 0.25) is 0 Å². The third-order valence-corrected chi connectivity index (χ3v) is 4.78. The van der Waals surface area contributed by atoms with E-state index in [9.17, 15) is 9.18 Å². The number of anilines is 1. The van der Waals surface area contributed by atoms with Crippen molar-refractivity contribution in [1.82, 2.24) is 9.78 Å². The number of amides is 1. The Morgan fingerprint density at radius 2 is 1.87 bits per heavy atom. The molecule has 0 fully saturated rings. The summed E-state index contributed by atoms with van der Waals surface area (Å²) in [5.41, 5.74) is 4.36. The number of carbonyl (C=O) groups excluding carboxylic acids is 1. The predicted molar refractivity (Wildman–Crippen MR) is 121 cm³/mol. The molecule has 1 amide bonds. The average molecular weight is 423 g/mol. The quantitative estimate of drug-likeness (QED) is 0.421. The zero-order valence-electron chi connectivity index (χ0n) is 18.4. The van der Waals surface area contributed by atoms with Gasteiger partial charge in [0.15, 0.2) is 0 Å². The summed E-state index contributed by atoms with van der Waals surface area (Å²) < 4.78 is 15.3. The maximum atomic E-state index is 14.3. The second-order valence-corrected chi connectivity index (χ2v) is 7.82. The first-order valence-electron chi connectivity index (χ1n) is 10.1. The molecule has 0 atom stereocenters. The maximum Gasteiger partial charge on any atom is 0.262 e. The molecular formula is C24H27FN4O2. The number of rotatable bonds is 7. The number of hydrogen-bond acceptors (Lipinski definition) is 4. The number of para-hydroxylation sites is 1. The number of aromatic nitrogens is 2. The van der Waals surface area contributed by atoms with Crippen molar-refractivity contribution < 1.29 is 14.0 Å². The third kappa shape index (κ3) is 5.17. The molecule has 162 valence electrons. The second kappa shape index (κ2) is 9.55. The van der Waals surface area contributed by atoms with E-state index < -0.39 is 11.9 Å². The Hall–Kier alpha value is -3.48. The van der Waals surface area contributed by atoms with Crippen molar-refractivity contribution in [2.75, 3.05) is 11.9 Å². The molecule has 0 aliphatic rings. The first-order valence-corrected chi connectivity index (χ1v) is 10.1. The Morgan fingerprint density at radius 3 is 2.48 bits per heavy atom. The molecule has 0 unspecified atom stereocenters. The summed E-state index contributed by atoms with van der Waals surface area (Å²) in [6.45, 7) is 8.21. The zero-order chi connectivity index (χ0) is 22.5. The molecule has 0 spiro atoms. The van der Waals surface area contributed by atoms with Crippen LogP contribution in [0.5, 0.6) is 0 Å². The molecule has 0 bridgehead atoms. The smallest absolute Gasteiger partial charge is 0.262 e. The number of benzene rings is 2. The van der Waals surface area contributed by atoms with Crippen molar-refractivity contribution in [1.29, 1.82) is 0 Å². The molecule has 1 heterocycles. The van der Waals surface area contributed by atoms with Gasteiger partial charge in [0.05, 0.1) is 11.4 Å². The third-order valence-electron chi connectivity index (χ3n) is 4.78. The SMILES string of the molecule is C/C(=N/OCC(C)C)c1ccc(-c2ccccc2NC(=O)c2c(C)nn(C)c2F)cc1. The predicted octanol–water partition coefficient (Wildman–Crippen LogP) is 5.18. The van der Waals surface area contributed by atoms with Gasteiger partial charge in [0.1, 0.15) is 12.2 Å². The average Bonchev–Trinajstić information content (AvgIpc) is 2.99. The Bertz CT molecular complexity index is 1100. The minimum Gasteiger partial charge on any atom is -0.395 e. The van der Waals surface area contributed by atoms with E-state index in [0.717, 1.165) is 27.1 Å². The van der Waals surface area contributed by atoms with Gasteiger partial charge in [-0.15, -0.1) is 0 Å². The molecule has 0 saturated heterocycles. The van der Waals surface area contributed by atoms with Crippen molar-refractivity contribution >= 4 is 17.3 Å².